The number of hydrogen-bond acceptors (Lipinski definition) is 7. The Kier molecular flexibility index (Phi) is 9.31. The summed E-state index contributed by atoms with van der Waals surface area (Å²) in [6.07, 6.45) is 1.60. The van der Waals surface area contributed by atoms with E-state index in [1.165, 1.54) is 12.7 Å². The largest absolute Gasteiger partial charge is 0.493 e. The van der Waals surface area contributed by atoms with Crippen LogP contribution in [0.15, 0.2) is 64.9 Å². The third-order valence-electron chi connectivity index (χ3n) is 6.80. The summed E-state index contributed by atoms with van der Waals surface area (Å²) in [6, 6.07) is 14.0. The van der Waals surface area contributed by atoms with Crippen molar-refractivity contribution >= 4 is 24.1 Å². The Labute approximate surface area is 244 Å². The summed E-state index contributed by atoms with van der Waals surface area (Å²) < 4.78 is 18.5. The number of aromatic nitrogens is 1. The predicted molar refractivity (Wildman–Crippen MR) is 158 cm³/mol. The van der Waals surface area contributed by atoms with E-state index in [4.69, 9.17) is 14.2 Å². The summed E-state index contributed by atoms with van der Waals surface area (Å²) in [7, 11) is 1.46. The molecule has 1 atom stereocenters. The average molecular weight is 574 g/mol. The number of hydrazone groups is 1. The van der Waals surface area contributed by atoms with Crippen molar-refractivity contribution < 1.29 is 28.6 Å². The standard InChI is InChI=1S/C31H35N5O6/c1-7-41-30(38)28-20(4)33-31(39)34-29(28)22-10-13-25(26(15-22)40-6)42-17-27(37)35-32-16-23-14-19(3)36(21(23)5)24-11-8-18(2)9-12-24/h8-16,29H,7,17H2,1-6H3,(H,35,37)(H2,33,34,39)/b32-16-/t29-/m1/s1. The van der Waals surface area contributed by atoms with Crippen LogP contribution in [0.25, 0.3) is 5.69 Å². The smallest absolute Gasteiger partial charge is 0.338 e. The first-order valence-corrected chi connectivity index (χ1v) is 13.5. The molecule has 0 unspecified atom stereocenters. The molecule has 0 radical (unpaired) electrons. The lowest BCUT2D eigenvalue weighted by atomic mass is 9.95. The zero-order valence-corrected chi connectivity index (χ0v) is 24.5. The van der Waals surface area contributed by atoms with E-state index >= 15 is 0 Å². The maximum Gasteiger partial charge on any atom is 0.338 e. The minimum atomic E-state index is -0.758. The van der Waals surface area contributed by atoms with Gasteiger partial charge in [0.1, 0.15) is 0 Å². The van der Waals surface area contributed by atoms with Gasteiger partial charge < -0.3 is 29.4 Å². The van der Waals surface area contributed by atoms with Crippen LogP contribution in [0.4, 0.5) is 4.79 Å². The molecule has 11 heteroatoms. The van der Waals surface area contributed by atoms with Gasteiger partial charge in [-0.15, -0.1) is 0 Å². The number of allylic oxidation sites excluding steroid dienone is 1. The lowest BCUT2D eigenvalue weighted by Crippen LogP contribution is -2.45. The molecule has 0 aliphatic carbocycles. The van der Waals surface area contributed by atoms with Crippen LogP contribution in [0.3, 0.4) is 0 Å². The summed E-state index contributed by atoms with van der Waals surface area (Å²) in [5.41, 5.74) is 8.91. The van der Waals surface area contributed by atoms with Crippen molar-refractivity contribution in [1.82, 2.24) is 20.6 Å². The molecule has 0 spiro atoms. The number of aryl methyl sites for hydroxylation is 2. The van der Waals surface area contributed by atoms with Crippen molar-refractivity contribution in [2.75, 3.05) is 20.3 Å². The van der Waals surface area contributed by atoms with Gasteiger partial charge in [0.25, 0.3) is 5.91 Å². The van der Waals surface area contributed by atoms with Gasteiger partial charge in [-0.25, -0.2) is 15.0 Å². The summed E-state index contributed by atoms with van der Waals surface area (Å²) in [4.78, 5) is 37.2. The second-order valence-corrected chi connectivity index (χ2v) is 9.78. The first-order chi connectivity index (χ1) is 20.1. The van der Waals surface area contributed by atoms with E-state index in [-0.39, 0.29) is 18.8 Å². The minimum Gasteiger partial charge on any atom is -0.493 e. The average Bonchev–Trinajstić information content (AvgIpc) is 3.24. The van der Waals surface area contributed by atoms with Crippen LogP contribution in [-0.2, 0) is 14.3 Å². The zero-order valence-electron chi connectivity index (χ0n) is 24.5. The molecule has 0 bridgehead atoms. The summed E-state index contributed by atoms with van der Waals surface area (Å²) in [5.74, 6) is -0.374. The maximum absolute atomic E-state index is 12.6. The molecule has 3 N–H and O–H groups in total. The quantitative estimate of drug-likeness (QED) is 0.190. The summed E-state index contributed by atoms with van der Waals surface area (Å²) >= 11 is 0. The van der Waals surface area contributed by atoms with Crippen LogP contribution in [0.2, 0.25) is 0 Å². The maximum atomic E-state index is 12.6. The Morgan fingerprint density at radius 1 is 1.05 bits per heavy atom. The lowest BCUT2D eigenvalue weighted by molar-refractivity contribution is -0.139. The van der Waals surface area contributed by atoms with Crippen molar-refractivity contribution in [2.24, 2.45) is 5.10 Å². The molecule has 42 heavy (non-hydrogen) atoms. The number of amides is 3. The number of nitrogens with one attached hydrogen (secondary N) is 3. The van der Waals surface area contributed by atoms with Crippen LogP contribution in [0, 0.1) is 20.8 Å². The van der Waals surface area contributed by atoms with Gasteiger partial charge in [0.05, 0.1) is 31.5 Å². The van der Waals surface area contributed by atoms with Gasteiger partial charge in [-0.05, 0) is 70.5 Å². The molecule has 0 saturated carbocycles. The summed E-state index contributed by atoms with van der Waals surface area (Å²) in [6.45, 7) is 9.28. The first kappa shape index (κ1) is 29.9. The molecular weight excluding hydrogens is 538 g/mol. The number of esters is 1. The molecule has 1 aliphatic heterocycles. The van der Waals surface area contributed by atoms with Crippen molar-refractivity contribution in [3.8, 4) is 17.2 Å². The summed E-state index contributed by atoms with van der Waals surface area (Å²) in [5, 5.41) is 9.45. The Bertz CT molecular complexity index is 1550. The fraction of sp³-hybridized carbons (Fsp3) is 0.290. The molecule has 1 aliphatic rings. The van der Waals surface area contributed by atoms with Gasteiger partial charge in [-0.1, -0.05) is 23.8 Å². The number of methoxy groups -OCH3 is 1. The molecular formula is C31H35N5O6. The van der Waals surface area contributed by atoms with Gasteiger partial charge in [-0.3, -0.25) is 4.79 Å². The highest BCUT2D eigenvalue weighted by molar-refractivity contribution is 5.95. The molecule has 220 valence electrons. The van der Waals surface area contributed by atoms with Crippen LogP contribution in [0.1, 0.15) is 48.0 Å². The number of carbonyl (C=O) groups is 3. The second-order valence-electron chi connectivity index (χ2n) is 9.78. The Morgan fingerprint density at radius 3 is 2.48 bits per heavy atom. The lowest BCUT2D eigenvalue weighted by Gasteiger charge is -2.28. The SMILES string of the molecule is CCOC(=O)C1=C(C)NC(=O)N[C@@H]1c1ccc(OCC(=O)N/N=C\c2cc(C)n(-c3ccc(C)cc3)c2C)c(OC)c1. The number of nitrogens with zero attached hydrogens (tertiary/aromatic N) is 2. The Morgan fingerprint density at radius 2 is 1.79 bits per heavy atom. The number of ether oxygens (including phenoxy) is 3. The van der Waals surface area contributed by atoms with Gasteiger partial charge in [0.15, 0.2) is 18.1 Å². The number of benzene rings is 2. The molecule has 2 aromatic carbocycles. The van der Waals surface area contributed by atoms with Crippen molar-refractivity contribution in [2.45, 2.75) is 40.7 Å². The van der Waals surface area contributed by atoms with E-state index in [1.54, 1.807) is 38.3 Å². The van der Waals surface area contributed by atoms with E-state index in [1.807, 2.05) is 26.8 Å². The van der Waals surface area contributed by atoms with Gasteiger partial charge in [-0.2, -0.15) is 5.10 Å². The monoisotopic (exact) mass is 573 g/mol. The second kappa shape index (κ2) is 13.1. The molecule has 4 rings (SSSR count). The van der Waals surface area contributed by atoms with Crippen molar-refractivity contribution in [3.63, 3.8) is 0 Å². The third kappa shape index (κ3) is 6.63. The molecule has 2 heterocycles. The highest BCUT2D eigenvalue weighted by Crippen LogP contribution is 2.34. The fourth-order valence-electron chi connectivity index (χ4n) is 4.77. The fourth-order valence-corrected chi connectivity index (χ4v) is 4.77. The third-order valence-corrected chi connectivity index (χ3v) is 6.80. The van der Waals surface area contributed by atoms with Crippen LogP contribution < -0.4 is 25.5 Å². The molecule has 11 nitrogen and oxygen atoms in total. The van der Waals surface area contributed by atoms with Gasteiger partial charge >= 0.3 is 12.0 Å². The van der Waals surface area contributed by atoms with E-state index in [0.29, 0.717) is 22.8 Å². The number of hydrogen-bond donors (Lipinski definition) is 3. The molecule has 3 aromatic rings. The van der Waals surface area contributed by atoms with Crippen molar-refractivity contribution in [3.05, 3.63) is 87.9 Å². The normalized spacial score (nSPS) is 14.8. The van der Waals surface area contributed by atoms with Gasteiger partial charge in [0.2, 0.25) is 0 Å². The van der Waals surface area contributed by atoms with E-state index < -0.39 is 23.9 Å². The van der Waals surface area contributed by atoms with Crippen LogP contribution >= 0.6 is 0 Å². The van der Waals surface area contributed by atoms with E-state index in [0.717, 1.165) is 22.6 Å². The number of rotatable bonds is 10. The van der Waals surface area contributed by atoms with E-state index in [2.05, 4.69) is 50.0 Å². The van der Waals surface area contributed by atoms with Crippen LogP contribution in [0.5, 0.6) is 11.5 Å². The Balaban J connectivity index is 1.41. The molecule has 0 fully saturated rings. The van der Waals surface area contributed by atoms with Crippen LogP contribution in [-0.4, -0.2) is 49.0 Å². The number of urea groups is 1. The predicted octanol–water partition coefficient (Wildman–Crippen LogP) is 4.13. The zero-order chi connectivity index (χ0) is 30.4. The van der Waals surface area contributed by atoms with Crippen molar-refractivity contribution in [1.29, 1.82) is 0 Å². The van der Waals surface area contributed by atoms with Gasteiger partial charge in [0, 0.05) is 28.3 Å². The number of carbonyl (C=O) groups excluding carboxylic acids is 3. The molecule has 0 saturated heterocycles. The highest BCUT2D eigenvalue weighted by atomic mass is 16.5. The van der Waals surface area contributed by atoms with E-state index in [9.17, 15) is 14.4 Å². The minimum absolute atomic E-state index is 0.192. The molecule has 1 aromatic heterocycles. The Hall–Kier alpha value is -5.06. The first-order valence-electron chi connectivity index (χ1n) is 13.5. The highest BCUT2D eigenvalue weighted by Gasteiger charge is 2.32. The topological polar surface area (TPSA) is 132 Å². The molecule has 3 amide bonds.